The number of amides is 3. The molecule has 0 bridgehead atoms. The third-order valence-electron chi connectivity index (χ3n) is 5.35. The fourth-order valence-corrected chi connectivity index (χ4v) is 3.41. The summed E-state index contributed by atoms with van der Waals surface area (Å²) in [6.07, 6.45) is -0.191. The van der Waals surface area contributed by atoms with E-state index in [1.54, 1.807) is 0 Å². The van der Waals surface area contributed by atoms with Crippen molar-refractivity contribution in [2.45, 2.75) is 37.0 Å². The van der Waals surface area contributed by atoms with Crippen LogP contribution in [0.15, 0.2) is 48.5 Å². The number of rotatable bonds is 13. The van der Waals surface area contributed by atoms with Gasteiger partial charge in [0, 0.05) is 18.6 Å². The van der Waals surface area contributed by atoms with Gasteiger partial charge in [0.05, 0.1) is 12.6 Å². The van der Waals surface area contributed by atoms with E-state index in [1.807, 2.05) is 0 Å². The molecule has 9 N–H and O–H groups in total. The van der Waals surface area contributed by atoms with E-state index < -0.39 is 54.5 Å². The van der Waals surface area contributed by atoms with Crippen molar-refractivity contribution in [1.29, 1.82) is 0 Å². The Bertz CT molecular complexity index is 1080. The van der Waals surface area contributed by atoms with Crippen LogP contribution < -0.4 is 21.7 Å². The number of aliphatic hydroxyl groups is 1. The molecule has 0 aromatic heterocycles. The number of nitrogens with two attached hydrogens (primary N) is 1. The third-order valence-corrected chi connectivity index (χ3v) is 5.74. The Morgan fingerprint density at radius 1 is 0.730 bits per heavy atom. The van der Waals surface area contributed by atoms with Crippen molar-refractivity contribution >= 4 is 36.3 Å². The Balaban J connectivity index is 2.22. The van der Waals surface area contributed by atoms with Crippen molar-refractivity contribution in [1.82, 2.24) is 16.0 Å². The van der Waals surface area contributed by atoms with Crippen LogP contribution in [-0.2, 0) is 32.0 Å². The number of thiol groups is 1. The molecule has 37 heavy (non-hydrogen) atoms. The van der Waals surface area contributed by atoms with E-state index in [4.69, 9.17) is 5.73 Å². The summed E-state index contributed by atoms with van der Waals surface area (Å²) in [6.45, 7) is -0.789. The van der Waals surface area contributed by atoms with Crippen molar-refractivity contribution in [2.24, 2.45) is 5.73 Å². The monoisotopic (exact) mass is 534 g/mol. The number of aromatic hydroxyl groups is 2. The van der Waals surface area contributed by atoms with Gasteiger partial charge < -0.3 is 42.1 Å². The molecule has 0 saturated carbocycles. The molecule has 13 heteroatoms. The minimum Gasteiger partial charge on any atom is -0.508 e. The molecule has 2 aromatic carbocycles. The largest absolute Gasteiger partial charge is 0.508 e. The Morgan fingerprint density at radius 3 is 1.57 bits per heavy atom. The van der Waals surface area contributed by atoms with Gasteiger partial charge in [-0.2, -0.15) is 12.6 Å². The molecule has 4 unspecified atom stereocenters. The highest BCUT2D eigenvalue weighted by atomic mass is 32.1. The zero-order valence-electron chi connectivity index (χ0n) is 19.7. The summed E-state index contributed by atoms with van der Waals surface area (Å²) in [4.78, 5) is 49.8. The molecule has 0 aliphatic rings. The van der Waals surface area contributed by atoms with Crippen molar-refractivity contribution in [2.75, 3.05) is 12.4 Å². The number of carboxylic acid groups (broad SMARTS) is 1. The van der Waals surface area contributed by atoms with Gasteiger partial charge in [0.1, 0.15) is 29.6 Å². The van der Waals surface area contributed by atoms with Crippen LogP contribution in [0.3, 0.4) is 0 Å². The van der Waals surface area contributed by atoms with Crippen LogP contribution in [0.25, 0.3) is 0 Å². The van der Waals surface area contributed by atoms with Crippen LogP contribution >= 0.6 is 12.6 Å². The number of aliphatic hydroxyl groups excluding tert-OH is 1. The lowest BCUT2D eigenvalue weighted by Crippen LogP contribution is -2.58. The lowest BCUT2D eigenvalue weighted by atomic mass is 10.0. The number of aliphatic carboxylic acids is 1. The van der Waals surface area contributed by atoms with E-state index in [1.165, 1.54) is 48.5 Å². The van der Waals surface area contributed by atoms with Gasteiger partial charge in [-0.3, -0.25) is 14.4 Å². The zero-order valence-corrected chi connectivity index (χ0v) is 20.6. The molecule has 0 fully saturated rings. The molecule has 0 aliphatic heterocycles. The molecule has 2 rings (SSSR count). The molecule has 0 aliphatic carbocycles. The first-order valence-electron chi connectivity index (χ1n) is 11.2. The van der Waals surface area contributed by atoms with Gasteiger partial charge in [0.25, 0.3) is 0 Å². The first-order valence-corrected chi connectivity index (χ1v) is 11.8. The van der Waals surface area contributed by atoms with Crippen LogP contribution in [0, 0.1) is 0 Å². The number of hydrogen-bond acceptors (Lipinski definition) is 9. The predicted octanol–water partition coefficient (Wildman–Crippen LogP) is -1.33. The maximum absolute atomic E-state index is 13.1. The summed E-state index contributed by atoms with van der Waals surface area (Å²) in [6, 6.07) is 6.46. The second kappa shape index (κ2) is 14.1. The van der Waals surface area contributed by atoms with E-state index >= 15 is 0 Å². The molecule has 4 atom stereocenters. The highest BCUT2D eigenvalue weighted by molar-refractivity contribution is 7.80. The number of carbonyl (C=O) groups is 4. The average Bonchev–Trinajstić information content (AvgIpc) is 2.87. The highest BCUT2D eigenvalue weighted by Gasteiger charge is 2.30. The van der Waals surface area contributed by atoms with Crippen molar-refractivity contribution in [3.05, 3.63) is 59.7 Å². The Morgan fingerprint density at radius 2 is 1.14 bits per heavy atom. The predicted molar refractivity (Wildman–Crippen MR) is 136 cm³/mol. The number of carbonyl (C=O) groups excluding carboxylic acids is 3. The van der Waals surface area contributed by atoms with Crippen molar-refractivity contribution in [3.8, 4) is 11.5 Å². The topological polar surface area (TPSA) is 211 Å². The summed E-state index contributed by atoms with van der Waals surface area (Å²) in [5.41, 5.74) is 6.65. The molecule has 2 aromatic rings. The number of phenolic OH excluding ortho intramolecular Hbond substituents is 2. The fraction of sp³-hybridized carbons (Fsp3) is 0.333. The molecular weight excluding hydrogens is 504 g/mol. The van der Waals surface area contributed by atoms with Crippen molar-refractivity contribution in [3.63, 3.8) is 0 Å². The number of nitrogens with one attached hydrogen (secondary N) is 3. The van der Waals surface area contributed by atoms with Gasteiger partial charge in [0.15, 0.2) is 0 Å². The SMILES string of the molecule is NC(CS)C(=O)NC(CO)C(=O)NC(Cc1ccc(O)cc1)C(=O)NC(Cc1ccc(O)cc1)C(=O)O. The number of hydrogen-bond donors (Lipinski definition) is 9. The quantitative estimate of drug-likeness (QED) is 0.139. The summed E-state index contributed by atoms with van der Waals surface area (Å²) in [5, 5.41) is 45.3. The van der Waals surface area contributed by atoms with Crippen LogP contribution in [-0.4, -0.2) is 80.6 Å². The van der Waals surface area contributed by atoms with Crippen LogP contribution in [0.4, 0.5) is 0 Å². The molecule has 0 saturated heterocycles. The molecule has 0 heterocycles. The standard InChI is InChI=1S/C24H30N4O8S/c25-17(12-37)21(32)28-20(11-29)23(34)26-18(9-13-1-5-15(30)6-2-13)22(33)27-19(24(35)36)10-14-3-7-16(31)8-4-14/h1-8,17-20,29-31,37H,9-12,25H2,(H,26,34)(H,27,33)(H,28,32)(H,35,36). The normalized spacial score (nSPS) is 14.0. The van der Waals surface area contributed by atoms with Gasteiger partial charge in [-0.25, -0.2) is 4.79 Å². The van der Waals surface area contributed by atoms with E-state index in [9.17, 15) is 39.6 Å². The van der Waals surface area contributed by atoms with E-state index in [0.717, 1.165) is 0 Å². The molecule has 200 valence electrons. The van der Waals surface area contributed by atoms with Gasteiger partial charge in [-0.1, -0.05) is 24.3 Å². The summed E-state index contributed by atoms with van der Waals surface area (Å²) >= 11 is 3.91. The van der Waals surface area contributed by atoms with Crippen LogP contribution in [0.1, 0.15) is 11.1 Å². The highest BCUT2D eigenvalue weighted by Crippen LogP contribution is 2.13. The Labute approximate surface area is 218 Å². The maximum Gasteiger partial charge on any atom is 0.326 e. The fourth-order valence-electron chi connectivity index (χ4n) is 3.25. The van der Waals surface area contributed by atoms with Gasteiger partial charge in [-0.05, 0) is 35.4 Å². The first kappa shape index (κ1) is 29.4. The number of carboxylic acids is 1. The van der Waals surface area contributed by atoms with Gasteiger partial charge >= 0.3 is 5.97 Å². The van der Waals surface area contributed by atoms with Gasteiger partial charge in [0.2, 0.25) is 17.7 Å². The van der Waals surface area contributed by atoms with Crippen LogP contribution in [0.2, 0.25) is 0 Å². The Hall–Kier alpha value is -3.81. The molecule has 0 spiro atoms. The summed E-state index contributed by atoms with van der Waals surface area (Å²) in [7, 11) is 0. The summed E-state index contributed by atoms with van der Waals surface area (Å²) < 4.78 is 0. The van der Waals surface area contributed by atoms with Crippen LogP contribution in [0.5, 0.6) is 11.5 Å². The van der Waals surface area contributed by atoms with E-state index in [-0.39, 0.29) is 30.1 Å². The smallest absolute Gasteiger partial charge is 0.326 e. The first-order chi connectivity index (χ1) is 17.5. The second-order valence-corrected chi connectivity index (χ2v) is 8.60. The van der Waals surface area contributed by atoms with Gasteiger partial charge in [-0.15, -0.1) is 0 Å². The Kier molecular flexibility index (Phi) is 11.2. The second-order valence-electron chi connectivity index (χ2n) is 8.23. The average molecular weight is 535 g/mol. The molecule has 3 amide bonds. The number of phenols is 2. The van der Waals surface area contributed by atoms with E-state index in [0.29, 0.717) is 11.1 Å². The van der Waals surface area contributed by atoms with Crippen molar-refractivity contribution < 1.29 is 39.6 Å². The minimum atomic E-state index is -1.43. The molecule has 12 nitrogen and oxygen atoms in total. The minimum absolute atomic E-state index is 0.00260. The maximum atomic E-state index is 13.1. The summed E-state index contributed by atoms with van der Waals surface area (Å²) in [5.74, 6) is -3.81. The number of benzene rings is 2. The lowest BCUT2D eigenvalue weighted by Gasteiger charge is -2.24. The zero-order chi connectivity index (χ0) is 27.5. The third kappa shape index (κ3) is 9.29. The molecular formula is C24H30N4O8S. The lowest BCUT2D eigenvalue weighted by molar-refractivity contribution is -0.142. The molecule has 0 radical (unpaired) electrons. The van der Waals surface area contributed by atoms with E-state index in [2.05, 4.69) is 28.6 Å².